The predicted molar refractivity (Wildman–Crippen MR) is 145 cm³/mol. The van der Waals surface area contributed by atoms with Crippen LogP contribution in [0.25, 0.3) is 56.7 Å². The first-order chi connectivity index (χ1) is 17.8. The second-order valence-electron chi connectivity index (χ2n) is 8.39. The Morgan fingerprint density at radius 3 is 1.22 bits per heavy atom. The average molecular weight is 463 g/mol. The molecule has 0 saturated carbocycles. The third-order valence-electron chi connectivity index (χ3n) is 5.93. The molecule has 6 rings (SSSR count). The van der Waals surface area contributed by atoms with E-state index in [9.17, 15) is 0 Å². The van der Waals surface area contributed by atoms with Crippen molar-refractivity contribution in [2.45, 2.75) is 0 Å². The van der Waals surface area contributed by atoms with Crippen molar-refractivity contribution in [3.63, 3.8) is 0 Å². The van der Waals surface area contributed by atoms with E-state index in [0.717, 1.165) is 39.2 Å². The summed E-state index contributed by atoms with van der Waals surface area (Å²) in [5.41, 5.74) is 6.76. The highest BCUT2D eigenvalue weighted by Gasteiger charge is 2.13. The van der Waals surface area contributed by atoms with Gasteiger partial charge in [-0.05, 0) is 18.2 Å². The summed E-state index contributed by atoms with van der Waals surface area (Å²) in [5, 5.41) is 0. The molecule has 0 N–H and O–H groups in total. The Labute approximate surface area is 210 Å². The maximum Gasteiger partial charge on any atom is 0.164 e. The van der Waals surface area contributed by atoms with Crippen LogP contribution in [0.15, 0.2) is 133 Å². The first kappa shape index (κ1) is 21.6. The fourth-order valence-electron chi connectivity index (χ4n) is 4.12. The summed E-state index contributed by atoms with van der Waals surface area (Å²) >= 11 is 0. The molecule has 4 aromatic carbocycles. The molecule has 2 aromatic heterocycles. The van der Waals surface area contributed by atoms with Crippen LogP contribution in [-0.2, 0) is 0 Å². The van der Waals surface area contributed by atoms with Gasteiger partial charge in [0.05, 0.1) is 11.4 Å². The van der Waals surface area contributed by atoms with E-state index in [1.807, 2.05) is 109 Å². The largest absolute Gasteiger partial charge is 0.248 e. The van der Waals surface area contributed by atoms with E-state index in [4.69, 9.17) is 19.9 Å². The summed E-state index contributed by atoms with van der Waals surface area (Å²) < 4.78 is 0. The fraction of sp³-hybridized carbons (Fsp3) is 0. The predicted octanol–water partition coefficient (Wildman–Crippen LogP) is 7.60. The molecule has 0 radical (unpaired) electrons. The minimum atomic E-state index is 0.628. The molecule has 2 heterocycles. The highest BCUT2D eigenvalue weighted by atomic mass is 15.0. The van der Waals surface area contributed by atoms with E-state index in [1.54, 1.807) is 0 Å². The third kappa shape index (κ3) is 4.52. The molecule has 0 bridgehead atoms. The molecule has 0 spiro atoms. The molecule has 36 heavy (non-hydrogen) atoms. The topological polar surface area (TPSA) is 51.6 Å². The Morgan fingerprint density at radius 2 is 0.667 bits per heavy atom. The summed E-state index contributed by atoms with van der Waals surface area (Å²) in [7, 11) is 0. The molecule has 6 aromatic rings. The lowest BCUT2D eigenvalue weighted by Crippen LogP contribution is -2.00. The lowest BCUT2D eigenvalue weighted by Gasteiger charge is -2.10. The number of benzene rings is 4. The summed E-state index contributed by atoms with van der Waals surface area (Å²) in [6, 6.07) is 44.6. The minimum absolute atomic E-state index is 0.628. The molecule has 4 heteroatoms. The monoisotopic (exact) mass is 462 g/mol. The highest BCUT2D eigenvalue weighted by molar-refractivity contribution is 5.72. The molecule has 0 unspecified atom stereocenters. The standard InChI is InChI=1S/C32H22N4/c1-4-12-23(13-5-1)28-20-11-21-29(33-28)26-18-10-19-27(22-26)32-35-30(24-14-6-2-7-15-24)34-31(36-32)25-16-8-3-9-17-25/h1-22H. The maximum atomic E-state index is 4.93. The molecular formula is C32H22N4. The van der Waals surface area contributed by atoms with Gasteiger partial charge in [0.15, 0.2) is 17.5 Å². The lowest BCUT2D eigenvalue weighted by molar-refractivity contribution is 1.07. The molecule has 0 fully saturated rings. The van der Waals surface area contributed by atoms with Crippen LogP contribution in [0.2, 0.25) is 0 Å². The van der Waals surface area contributed by atoms with Gasteiger partial charge in [-0.15, -0.1) is 0 Å². The van der Waals surface area contributed by atoms with Gasteiger partial charge in [-0.3, -0.25) is 0 Å². The van der Waals surface area contributed by atoms with Gasteiger partial charge in [-0.2, -0.15) is 0 Å². The van der Waals surface area contributed by atoms with Crippen LogP contribution >= 0.6 is 0 Å². The van der Waals surface area contributed by atoms with Crippen molar-refractivity contribution in [1.29, 1.82) is 0 Å². The summed E-state index contributed by atoms with van der Waals surface area (Å²) in [4.78, 5) is 19.4. The number of hydrogen-bond acceptors (Lipinski definition) is 4. The molecule has 170 valence electrons. The van der Waals surface area contributed by atoms with Gasteiger partial charge in [0.2, 0.25) is 0 Å². The van der Waals surface area contributed by atoms with Gasteiger partial charge < -0.3 is 0 Å². The Kier molecular flexibility index (Phi) is 5.83. The van der Waals surface area contributed by atoms with E-state index in [-0.39, 0.29) is 0 Å². The minimum Gasteiger partial charge on any atom is -0.248 e. The molecular weight excluding hydrogens is 440 g/mol. The number of pyridine rings is 1. The fourth-order valence-corrected chi connectivity index (χ4v) is 4.12. The second-order valence-corrected chi connectivity index (χ2v) is 8.39. The van der Waals surface area contributed by atoms with Crippen molar-refractivity contribution in [2.75, 3.05) is 0 Å². The van der Waals surface area contributed by atoms with Crippen molar-refractivity contribution in [2.24, 2.45) is 0 Å². The van der Waals surface area contributed by atoms with Gasteiger partial charge >= 0.3 is 0 Å². The quantitative estimate of drug-likeness (QED) is 0.265. The van der Waals surface area contributed by atoms with Gasteiger partial charge in [0.1, 0.15) is 0 Å². The average Bonchev–Trinajstić information content (AvgIpc) is 2.98. The van der Waals surface area contributed by atoms with E-state index in [1.165, 1.54) is 0 Å². The van der Waals surface area contributed by atoms with Crippen molar-refractivity contribution in [3.05, 3.63) is 133 Å². The van der Waals surface area contributed by atoms with Crippen molar-refractivity contribution in [1.82, 2.24) is 19.9 Å². The zero-order valence-corrected chi connectivity index (χ0v) is 19.5. The number of aromatic nitrogens is 4. The molecule has 4 nitrogen and oxygen atoms in total. The summed E-state index contributed by atoms with van der Waals surface area (Å²) in [5.74, 6) is 1.92. The normalized spacial score (nSPS) is 10.8. The van der Waals surface area contributed by atoms with Crippen LogP contribution < -0.4 is 0 Å². The van der Waals surface area contributed by atoms with Crippen LogP contribution in [0.5, 0.6) is 0 Å². The third-order valence-corrected chi connectivity index (χ3v) is 5.93. The smallest absolute Gasteiger partial charge is 0.164 e. The van der Waals surface area contributed by atoms with Crippen LogP contribution in [0.4, 0.5) is 0 Å². The van der Waals surface area contributed by atoms with E-state index in [0.29, 0.717) is 17.5 Å². The zero-order chi connectivity index (χ0) is 24.2. The summed E-state index contributed by atoms with van der Waals surface area (Å²) in [6.45, 7) is 0. The molecule has 0 aliphatic carbocycles. The van der Waals surface area contributed by atoms with Crippen LogP contribution in [0.3, 0.4) is 0 Å². The molecule has 0 aliphatic rings. The number of rotatable bonds is 5. The zero-order valence-electron chi connectivity index (χ0n) is 19.5. The van der Waals surface area contributed by atoms with Gasteiger partial charge in [-0.1, -0.05) is 115 Å². The first-order valence-electron chi connectivity index (χ1n) is 11.8. The Hall–Kier alpha value is -4.96. The maximum absolute atomic E-state index is 4.93. The first-order valence-corrected chi connectivity index (χ1v) is 11.8. The lowest BCUT2D eigenvalue weighted by atomic mass is 10.1. The van der Waals surface area contributed by atoms with Gasteiger partial charge in [0, 0.05) is 27.8 Å². The van der Waals surface area contributed by atoms with Crippen LogP contribution in [0, 0.1) is 0 Å². The molecule has 0 aliphatic heterocycles. The Morgan fingerprint density at radius 1 is 0.278 bits per heavy atom. The van der Waals surface area contributed by atoms with E-state index >= 15 is 0 Å². The number of nitrogens with zero attached hydrogens (tertiary/aromatic N) is 4. The second kappa shape index (κ2) is 9.72. The molecule has 0 saturated heterocycles. The highest BCUT2D eigenvalue weighted by Crippen LogP contribution is 2.28. The molecule has 0 atom stereocenters. The SMILES string of the molecule is c1ccc(-c2cccc(-c3cccc(-c4nc(-c5ccccc5)nc(-c5ccccc5)n4)c3)n2)cc1. The van der Waals surface area contributed by atoms with Gasteiger partial charge in [0.25, 0.3) is 0 Å². The van der Waals surface area contributed by atoms with Crippen molar-refractivity contribution >= 4 is 0 Å². The molecule has 0 amide bonds. The van der Waals surface area contributed by atoms with E-state index < -0.39 is 0 Å². The number of hydrogen-bond donors (Lipinski definition) is 0. The van der Waals surface area contributed by atoms with Crippen LogP contribution in [0.1, 0.15) is 0 Å². The Bertz CT molecular complexity index is 1560. The summed E-state index contributed by atoms with van der Waals surface area (Å²) in [6.07, 6.45) is 0. The van der Waals surface area contributed by atoms with Gasteiger partial charge in [-0.25, -0.2) is 19.9 Å². The van der Waals surface area contributed by atoms with E-state index in [2.05, 4.69) is 24.3 Å². The van der Waals surface area contributed by atoms with Crippen molar-refractivity contribution in [3.8, 4) is 56.7 Å². The van der Waals surface area contributed by atoms with Crippen LogP contribution in [-0.4, -0.2) is 19.9 Å². The Balaban J connectivity index is 1.45. The van der Waals surface area contributed by atoms with Crippen molar-refractivity contribution < 1.29 is 0 Å².